The molecule has 2 heterocycles. The molecule has 0 atom stereocenters. The fourth-order valence-electron chi connectivity index (χ4n) is 1.74. The number of pyridine rings is 1. The fraction of sp³-hybridized carbons (Fsp3) is 0. The maximum Gasteiger partial charge on any atom is 0.171 e. The summed E-state index contributed by atoms with van der Waals surface area (Å²) in [6.07, 6.45) is 1.79. The van der Waals surface area contributed by atoms with Crippen LogP contribution in [0.15, 0.2) is 42.6 Å². The van der Waals surface area contributed by atoms with Crippen molar-refractivity contribution in [2.75, 3.05) is 5.73 Å². The molecule has 3 rings (SSSR count). The average molecular weight is 228 g/mol. The second-order valence-corrected chi connectivity index (χ2v) is 3.69. The molecular weight excluding hydrogens is 219 g/mol. The summed E-state index contributed by atoms with van der Waals surface area (Å²) >= 11 is 0. The van der Waals surface area contributed by atoms with E-state index in [0.717, 1.165) is 0 Å². The third-order valence-corrected chi connectivity index (χ3v) is 2.55. The lowest BCUT2D eigenvalue weighted by Crippen LogP contribution is -1.94. The number of anilines is 1. The van der Waals surface area contributed by atoms with Crippen LogP contribution in [0.1, 0.15) is 0 Å². The van der Waals surface area contributed by atoms with E-state index in [1.54, 1.807) is 22.7 Å². The monoisotopic (exact) mass is 228 g/mol. The van der Waals surface area contributed by atoms with E-state index in [0.29, 0.717) is 22.7 Å². The summed E-state index contributed by atoms with van der Waals surface area (Å²) in [4.78, 5) is 0. The molecule has 0 aliphatic carbocycles. The number of benzene rings is 1. The van der Waals surface area contributed by atoms with Crippen molar-refractivity contribution in [2.45, 2.75) is 0 Å². The van der Waals surface area contributed by atoms with Crippen LogP contribution in [0.3, 0.4) is 0 Å². The summed E-state index contributed by atoms with van der Waals surface area (Å²) < 4.78 is 15.4. The Kier molecular flexibility index (Phi) is 2.04. The Balaban J connectivity index is 2.31. The molecule has 4 nitrogen and oxygen atoms in total. The molecule has 1 aromatic carbocycles. The van der Waals surface area contributed by atoms with Crippen LogP contribution in [-0.2, 0) is 0 Å². The van der Waals surface area contributed by atoms with E-state index in [2.05, 4.69) is 10.2 Å². The quantitative estimate of drug-likeness (QED) is 0.649. The van der Waals surface area contributed by atoms with Gasteiger partial charge in [-0.1, -0.05) is 6.07 Å². The molecule has 3 aromatic rings. The molecule has 17 heavy (non-hydrogen) atoms. The van der Waals surface area contributed by atoms with Crippen molar-refractivity contribution in [1.29, 1.82) is 0 Å². The van der Waals surface area contributed by atoms with Gasteiger partial charge in [0.15, 0.2) is 11.5 Å². The highest BCUT2D eigenvalue weighted by Crippen LogP contribution is 2.23. The number of hydrogen-bond donors (Lipinski definition) is 1. The molecule has 0 bridgehead atoms. The maximum absolute atomic E-state index is 13.7. The largest absolute Gasteiger partial charge is 0.399 e. The smallest absolute Gasteiger partial charge is 0.171 e. The van der Waals surface area contributed by atoms with Gasteiger partial charge in [-0.3, -0.25) is 4.40 Å². The van der Waals surface area contributed by atoms with E-state index in [9.17, 15) is 4.39 Å². The van der Waals surface area contributed by atoms with Crippen LogP contribution in [0.25, 0.3) is 17.0 Å². The molecule has 2 N–H and O–H groups in total. The van der Waals surface area contributed by atoms with Crippen molar-refractivity contribution in [1.82, 2.24) is 14.6 Å². The van der Waals surface area contributed by atoms with E-state index in [1.165, 1.54) is 12.1 Å². The molecule has 0 radical (unpaired) electrons. The first-order valence-corrected chi connectivity index (χ1v) is 5.11. The molecule has 5 heteroatoms. The standard InChI is InChI=1S/C12H9FN4/c13-10-5-4-8(14)7-9(10)12-16-15-11-3-1-2-6-17(11)12/h1-7H,14H2. The number of halogens is 1. The van der Waals surface area contributed by atoms with Gasteiger partial charge in [-0.25, -0.2) is 4.39 Å². The Bertz CT molecular complexity index is 690. The summed E-state index contributed by atoms with van der Waals surface area (Å²) in [6.45, 7) is 0. The van der Waals surface area contributed by atoms with Crippen LogP contribution in [0, 0.1) is 5.82 Å². The van der Waals surface area contributed by atoms with E-state index < -0.39 is 0 Å². The van der Waals surface area contributed by atoms with Crippen LogP contribution in [0.4, 0.5) is 10.1 Å². The average Bonchev–Trinajstić information content (AvgIpc) is 2.76. The van der Waals surface area contributed by atoms with Crippen LogP contribution in [-0.4, -0.2) is 14.6 Å². The summed E-state index contributed by atoms with van der Waals surface area (Å²) in [5.41, 5.74) is 7.17. The Morgan fingerprint density at radius 3 is 2.88 bits per heavy atom. The van der Waals surface area contributed by atoms with Crippen molar-refractivity contribution >= 4 is 11.3 Å². The van der Waals surface area contributed by atoms with Gasteiger partial charge < -0.3 is 5.73 Å². The second-order valence-electron chi connectivity index (χ2n) is 3.69. The predicted molar refractivity (Wildman–Crippen MR) is 62.8 cm³/mol. The Hall–Kier alpha value is -2.43. The van der Waals surface area contributed by atoms with E-state index in [1.807, 2.05) is 12.1 Å². The number of nitrogen functional groups attached to an aromatic ring is 1. The van der Waals surface area contributed by atoms with Crippen molar-refractivity contribution < 1.29 is 4.39 Å². The third-order valence-electron chi connectivity index (χ3n) is 2.55. The van der Waals surface area contributed by atoms with Gasteiger partial charge in [0.05, 0.1) is 5.56 Å². The first-order chi connectivity index (χ1) is 8.25. The molecule has 0 spiro atoms. The summed E-state index contributed by atoms with van der Waals surface area (Å²) in [7, 11) is 0. The van der Waals surface area contributed by atoms with E-state index >= 15 is 0 Å². The van der Waals surface area contributed by atoms with Gasteiger partial charge in [-0.05, 0) is 30.3 Å². The van der Waals surface area contributed by atoms with Crippen LogP contribution >= 0.6 is 0 Å². The molecule has 0 saturated heterocycles. The predicted octanol–water partition coefficient (Wildman–Crippen LogP) is 2.12. The molecule has 84 valence electrons. The van der Waals surface area contributed by atoms with Gasteiger partial charge in [0.2, 0.25) is 0 Å². The Morgan fingerprint density at radius 1 is 1.12 bits per heavy atom. The van der Waals surface area contributed by atoms with Crippen molar-refractivity contribution in [3.8, 4) is 11.4 Å². The normalized spacial score (nSPS) is 10.9. The third kappa shape index (κ3) is 1.52. The molecule has 0 fully saturated rings. The first kappa shape index (κ1) is 9.77. The number of rotatable bonds is 1. The van der Waals surface area contributed by atoms with Crippen LogP contribution in [0.2, 0.25) is 0 Å². The van der Waals surface area contributed by atoms with Crippen molar-refractivity contribution in [3.05, 3.63) is 48.4 Å². The van der Waals surface area contributed by atoms with Gasteiger partial charge in [-0.2, -0.15) is 0 Å². The highest BCUT2D eigenvalue weighted by molar-refractivity contribution is 5.64. The zero-order chi connectivity index (χ0) is 11.8. The number of aromatic nitrogens is 3. The first-order valence-electron chi connectivity index (χ1n) is 5.11. The minimum atomic E-state index is -0.364. The number of nitrogens with two attached hydrogens (primary N) is 1. The van der Waals surface area contributed by atoms with Crippen molar-refractivity contribution in [3.63, 3.8) is 0 Å². The zero-order valence-corrected chi connectivity index (χ0v) is 8.84. The van der Waals surface area contributed by atoms with Gasteiger partial charge in [-0.15, -0.1) is 10.2 Å². The number of hydrogen-bond acceptors (Lipinski definition) is 3. The number of fused-ring (bicyclic) bond motifs is 1. The molecule has 0 unspecified atom stereocenters. The lowest BCUT2D eigenvalue weighted by molar-refractivity contribution is 0.630. The molecule has 0 aliphatic rings. The minimum absolute atomic E-state index is 0.351. The van der Waals surface area contributed by atoms with Crippen LogP contribution in [0.5, 0.6) is 0 Å². The van der Waals surface area contributed by atoms with E-state index in [-0.39, 0.29) is 5.82 Å². The van der Waals surface area contributed by atoms with Gasteiger partial charge >= 0.3 is 0 Å². The maximum atomic E-state index is 13.7. The lowest BCUT2D eigenvalue weighted by atomic mass is 10.2. The molecule has 0 amide bonds. The van der Waals surface area contributed by atoms with Gasteiger partial charge in [0.25, 0.3) is 0 Å². The fourth-order valence-corrected chi connectivity index (χ4v) is 1.74. The topological polar surface area (TPSA) is 56.2 Å². The zero-order valence-electron chi connectivity index (χ0n) is 8.84. The SMILES string of the molecule is Nc1ccc(F)c(-c2nnc3ccccn23)c1. The lowest BCUT2D eigenvalue weighted by Gasteiger charge is -2.02. The Labute approximate surface area is 96.5 Å². The second kappa shape index (κ2) is 3.55. The minimum Gasteiger partial charge on any atom is -0.399 e. The summed E-state index contributed by atoms with van der Waals surface area (Å²) in [5, 5.41) is 7.96. The van der Waals surface area contributed by atoms with Gasteiger partial charge in [0.1, 0.15) is 5.82 Å². The highest BCUT2D eigenvalue weighted by Gasteiger charge is 2.12. The van der Waals surface area contributed by atoms with Crippen LogP contribution < -0.4 is 5.73 Å². The van der Waals surface area contributed by atoms with E-state index in [4.69, 9.17) is 5.73 Å². The Morgan fingerprint density at radius 2 is 2.00 bits per heavy atom. The highest BCUT2D eigenvalue weighted by atomic mass is 19.1. The molecular formula is C12H9FN4. The van der Waals surface area contributed by atoms with Gasteiger partial charge in [0, 0.05) is 11.9 Å². The summed E-state index contributed by atoms with van der Waals surface area (Å²) in [5.74, 6) is 0.0859. The van der Waals surface area contributed by atoms with Crippen molar-refractivity contribution in [2.24, 2.45) is 0 Å². The summed E-state index contributed by atoms with van der Waals surface area (Å²) in [6, 6.07) is 9.89. The molecule has 0 saturated carbocycles. The molecule has 2 aromatic heterocycles. The molecule has 0 aliphatic heterocycles. The number of nitrogens with zero attached hydrogens (tertiary/aromatic N) is 3.